The summed E-state index contributed by atoms with van der Waals surface area (Å²) in [6.07, 6.45) is 0.613. The van der Waals surface area contributed by atoms with Crippen LogP contribution in [0.5, 0.6) is 5.75 Å². The van der Waals surface area contributed by atoms with Crippen molar-refractivity contribution in [2.24, 2.45) is 0 Å². The van der Waals surface area contributed by atoms with E-state index in [1.165, 1.54) is 4.31 Å². The van der Waals surface area contributed by atoms with E-state index in [-0.39, 0.29) is 11.7 Å². The van der Waals surface area contributed by atoms with Crippen molar-refractivity contribution in [3.63, 3.8) is 0 Å². The number of nitrogens with one attached hydrogen (secondary N) is 1. The first-order chi connectivity index (χ1) is 11.9. The second-order valence-electron chi connectivity index (χ2n) is 5.93. The third kappa shape index (κ3) is 3.61. The van der Waals surface area contributed by atoms with Gasteiger partial charge in [0.15, 0.2) is 0 Å². The fraction of sp³-hybridized carbons (Fsp3) is 0.278. The van der Waals surface area contributed by atoms with Gasteiger partial charge in [0.05, 0.1) is 18.6 Å². The molecule has 0 unspecified atom stereocenters. The molecular formula is C18H20N2O4S. The van der Waals surface area contributed by atoms with Gasteiger partial charge >= 0.3 is 0 Å². The summed E-state index contributed by atoms with van der Waals surface area (Å²) in [4.78, 5) is 12.4. The number of benzene rings is 2. The highest BCUT2D eigenvalue weighted by molar-refractivity contribution is 7.93. The summed E-state index contributed by atoms with van der Waals surface area (Å²) < 4.78 is 30.9. The van der Waals surface area contributed by atoms with E-state index < -0.39 is 10.0 Å². The summed E-state index contributed by atoms with van der Waals surface area (Å²) in [5.74, 6) is 0.478. The van der Waals surface area contributed by atoms with Gasteiger partial charge in [-0.1, -0.05) is 12.1 Å². The highest BCUT2D eigenvalue weighted by atomic mass is 32.2. The number of aryl methyl sites for hydroxylation is 1. The number of carbonyl (C=O) groups is 1. The SMILES string of the molecule is COc1cccc(C(=O)Nc2ccc(C)c(N3CCCS3(=O)=O)c2)c1. The molecule has 0 atom stereocenters. The van der Waals surface area contributed by atoms with Crippen LogP contribution in [-0.2, 0) is 10.0 Å². The van der Waals surface area contributed by atoms with Crippen LogP contribution in [0.1, 0.15) is 22.3 Å². The van der Waals surface area contributed by atoms with E-state index in [1.54, 1.807) is 43.5 Å². The van der Waals surface area contributed by atoms with E-state index in [0.29, 0.717) is 35.7 Å². The fourth-order valence-corrected chi connectivity index (χ4v) is 4.45. The van der Waals surface area contributed by atoms with Crippen LogP contribution in [0.2, 0.25) is 0 Å². The maximum absolute atomic E-state index is 12.4. The van der Waals surface area contributed by atoms with Gasteiger partial charge in [-0.2, -0.15) is 0 Å². The molecule has 1 aliphatic heterocycles. The van der Waals surface area contributed by atoms with Gasteiger partial charge in [0.2, 0.25) is 10.0 Å². The molecule has 1 heterocycles. The first kappa shape index (κ1) is 17.3. The van der Waals surface area contributed by atoms with Gasteiger partial charge in [-0.3, -0.25) is 9.10 Å². The van der Waals surface area contributed by atoms with E-state index in [2.05, 4.69) is 5.32 Å². The number of hydrogen-bond acceptors (Lipinski definition) is 4. The average molecular weight is 360 g/mol. The zero-order valence-electron chi connectivity index (χ0n) is 14.2. The topological polar surface area (TPSA) is 75.7 Å². The normalized spacial score (nSPS) is 15.8. The number of hydrogen-bond donors (Lipinski definition) is 1. The Morgan fingerprint density at radius 3 is 2.68 bits per heavy atom. The average Bonchev–Trinajstić information content (AvgIpc) is 2.95. The van der Waals surface area contributed by atoms with Crippen LogP contribution in [0.25, 0.3) is 0 Å². The first-order valence-corrected chi connectivity index (χ1v) is 9.58. The van der Waals surface area contributed by atoms with Crippen molar-refractivity contribution in [3.05, 3.63) is 53.6 Å². The Labute approximate surface area is 147 Å². The molecule has 0 aromatic heterocycles. The van der Waals surface area contributed by atoms with E-state index in [0.717, 1.165) is 5.56 Å². The number of methoxy groups -OCH3 is 1. The highest BCUT2D eigenvalue weighted by Crippen LogP contribution is 2.30. The molecule has 6 nitrogen and oxygen atoms in total. The molecule has 0 saturated carbocycles. The summed E-state index contributed by atoms with van der Waals surface area (Å²) in [5.41, 5.74) is 2.48. The number of nitrogens with zero attached hydrogens (tertiary/aromatic N) is 1. The monoisotopic (exact) mass is 360 g/mol. The van der Waals surface area contributed by atoms with Crippen LogP contribution in [0.4, 0.5) is 11.4 Å². The van der Waals surface area contributed by atoms with Gasteiger partial charge in [-0.25, -0.2) is 8.42 Å². The molecule has 25 heavy (non-hydrogen) atoms. The molecule has 0 spiro atoms. The standard InChI is InChI=1S/C18H20N2O4S/c1-13-7-8-15(12-17(13)20-9-4-10-25(20,22)23)19-18(21)14-5-3-6-16(11-14)24-2/h3,5-8,11-12H,4,9-10H2,1-2H3,(H,19,21). The van der Waals surface area contributed by atoms with E-state index >= 15 is 0 Å². The van der Waals surface area contributed by atoms with Gasteiger partial charge in [-0.15, -0.1) is 0 Å². The van der Waals surface area contributed by atoms with Crippen molar-refractivity contribution in [1.82, 2.24) is 0 Å². The maximum atomic E-state index is 12.4. The molecule has 1 N–H and O–H groups in total. The number of anilines is 2. The van der Waals surface area contributed by atoms with E-state index in [9.17, 15) is 13.2 Å². The quantitative estimate of drug-likeness (QED) is 0.910. The van der Waals surface area contributed by atoms with Gasteiger partial charge in [0.1, 0.15) is 5.75 Å². The minimum atomic E-state index is -3.26. The Morgan fingerprint density at radius 2 is 2.00 bits per heavy atom. The lowest BCUT2D eigenvalue weighted by Gasteiger charge is -2.20. The van der Waals surface area contributed by atoms with Crippen LogP contribution in [0.15, 0.2) is 42.5 Å². The van der Waals surface area contributed by atoms with Crippen LogP contribution >= 0.6 is 0 Å². The molecule has 2 aromatic rings. The molecule has 7 heteroatoms. The lowest BCUT2D eigenvalue weighted by Crippen LogP contribution is -2.26. The summed E-state index contributed by atoms with van der Waals surface area (Å²) in [6.45, 7) is 2.33. The molecule has 0 aliphatic carbocycles. The third-order valence-corrected chi connectivity index (χ3v) is 6.02. The van der Waals surface area contributed by atoms with Crippen molar-refractivity contribution in [3.8, 4) is 5.75 Å². The second kappa shape index (κ2) is 6.76. The van der Waals surface area contributed by atoms with E-state index in [1.807, 2.05) is 13.0 Å². The molecule has 0 bridgehead atoms. The zero-order chi connectivity index (χ0) is 18.0. The predicted octanol–water partition coefficient (Wildman–Crippen LogP) is 2.80. The summed E-state index contributed by atoms with van der Waals surface area (Å²) >= 11 is 0. The lowest BCUT2D eigenvalue weighted by atomic mass is 10.1. The Balaban J connectivity index is 1.86. The van der Waals surface area contributed by atoms with Crippen LogP contribution < -0.4 is 14.4 Å². The van der Waals surface area contributed by atoms with Gasteiger partial charge in [-0.05, 0) is 49.2 Å². The van der Waals surface area contributed by atoms with Crippen LogP contribution in [0.3, 0.4) is 0 Å². The number of sulfonamides is 1. The smallest absolute Gasteiger partial charge is 0.255 e. The first-order valence-electron chi connectivity index (χ1n) is 7.97. The Morgan fingerprint density at radius 1 is 1.20 bits per heavy atom. The molecule has 3 rings (SSSR count). The Bertz CT molecular complexity index is 909. The lowest BCUT2D eigenvalue weighted by molar-refractivity contribution is 0.102. The predicted molar refractivity (Wildman–Crippen MR) is 97.9 cm³/mol. The minimum Gasteiger partial charge on any atom is -0.497 e. The van der Waals surface area contributed by atoms with Crippen molar-refractivity contribution in [2.45, 2.75) is 13.3 Å². The molecule has 0 radical (unpaired) electrons. The van der Waals surface area contributed by atoms with Gasteiger partial charge < -0.3 is 10.1 Å². The number of rotatable bonds is 4. The maximum Gasteiger partial charge on any atom is 0.255 e. The van der Waals surface area contributed by atoms with Crippen LogP contribution in [-0.4, -0.2) is 33.7 Å². The fourth-order valence-electron chi connectivity index (χ4n) is 2.83. The van der Waals surface area contributed by atoms with Crippen molar-refractivity contribution < 1.29 is 17.9 Å². The van der Waals surface area contributed by atoms with E-state index in [4.69, 9.17) is 4.74 Å². The van der Waals surface area contributed by atoms with Crippen LogP contribution in [0, 0.1) is 6.92 Å². The van der Waals surface area contributed by atoms with Gasteiger partial charge in [0.25, 0.3) is 5.91 Å². The largest absolute Gasteiger partial charge is 0.497 e. The zero-order valence-corrected chi connectivity index (χ0v) is 15.0. The second-order valence-corrected chi connectivity index (χ2v) is 7.94. The number of amides is 1. The molecule has 1 saturated heterocycles. The van der Waals surface area contributed by atoms with Gasteiger partial charge in [0, 0.05) is 17.8 Å². The third-order valence-electron chi connectivity index (χ3n) is 4.17. The highest BCUT2D eigenvalue weighted by Gasteiger charge is 2.29. The summed E-state index contributed by atoms with van der Waals surface area (Å²) in [6, 6.07) is 12.1. The molecule has 1 aliphatic rings. The summed E-state index contributed by atoms with van der Waals surface area (Å²) in [7, 11) is -1.72. The van der Waals surface area contributed by atoms with Crippen molar-refractivity contribution in [2.75, 3.05) is 29.0 Å². The molecule has 1 amide bonds. The molecular weight excluding hydrogens is 340 g/mol. The number of ether oxygens (including phenoxy) is 1. The Hall–Kier alpha value is -2.54. The van der Waals surface area contributed by atoms with Crippen molar-refractivity contribution in [1.29, 1.82) is 0 Å². The van der Waals surface area contributed by atoms with Crippen molar-refractivity contribution >= 4 is 27.3 Å². The molecule has 132 valence electrons. The molecule has 1 fully saturated rings. The molecule has 2 aromatic carbocycles. The minimum absolute atomic E-state index is 0.160. The number of carbonyl (C=O) groups excluding carboxylic acids is 1. The Kier molecular flexibility index (Phi) is 4.67. The summed E-state index contributed by atoms with van der Waals surface area (Å²) in [5, 5.41) is 2.81.